The Kier molecular flexibility index (Phi) is 3.10. The van der Waals surface area contributed by atoms with Crippen LogP contribution in [0.25, 0.3) is 22.0 Å². The fraction of sp³-hybridized carbons (Fsp3) is 0.0625. The second-order valence-corrected chi connectivity index (χ2v) is 4.77. The van der Waals surface area contributed by atoms with Gasteiger partial charge in [0.2, 0.25) is 0 Å². The molecule has 19 heavy (non-hydrogen) atoms. The van der Waals surface area contributed by atoms with Crippen LogP contribution in [0.15, 0.2) is 54.6 Å². The summed E-state index contributed by atoms with van der Waals surface area (Å²) in [6.07, 6.45) is 0. The maximum absolute atomic E-state index is 5.94. The molecule has 2 aromatic carbocycles. The lowest BCUT2D eigenvalue weighted by molar-refractivity contribution is 1.31. The van der Waals surface area contributed by atoms with Gasteiger partial charge in [-0.25, -0.2) is 4.98 Å². The number of nitrogens with zero attached hydrogens (tertiary/aromatic N) is 1. The van der Waals surface area contributed by atoms with Gasteiger partial charge in [0.15, 0.2) is 0 Å². The number of fused-ring (bicyclic) bond motifs is 1. The number of hydrogen-bond donors (Lipinski definition) is 1. The highest BCUT2D eigenvalue weighted by Gasteiger charge is 2.07. The zero-order valence-electron chi connectivity index (χ0n) is 10.5. The SMILES string of the molecule is CNc1cc2ccccc2c(-c2ccc(Cl)cc2)n1. The molecule has 0 radical (unpaired) electrons. The maximum atomic E-state index is 5.94. The predicted octanol–water partition coefficient (Wildman–Crippen LogP) is 4.60. The van der Waals surface area contributed by atoms with Crippen molar-refractivity contribution < 1.29 is 0 Å². The second kappa shape index (κ2) is 4.90. The van der Waals surface area contributed by atoms with Crippen LogP contribution in [-0.2, 0) is 0 Å². The first kappa shape index (κ1) is 12.0. The number of nitrogens with one attached hydrogen (secondary N) is 1. The summed E-state index contributed by atoms with van der Waals surface area (Å²) in [5.41, 5.74) is 2.04. The molecular formula is C16H13ClN2. The van der Waals surface area contributed by atoms with E-state index in [2.05, 4.69) is 28.5 Å². The molecule has 0 saturated carbocycles. The molecule has 0 saturated heterocycles. The number of benzene rings is 2. The standard InChI is InChI=1S/C16H13ClN2/c1-18-15-10-12-4-2-3-5-14(12)16(19-15)11-6-8-13(17)9-7-11/h2-10H,1H3,(H,18,19). The number of hydrogen-bond acceptors (Lipinski definition) is 2. The third kappa shape index (κ3) is 2.27. The van der Waals surface area contributed by atoms with Gasteiger partial charge in [-0.1, -0.05) is 48.0 Å². The molecule has 3 rings (SSSR count). The van der Waals surface area contributed by atoms with Gasteiger partial charge < -0.3 is 5.32 Å². The summed E-state index contributed by atoms with van der Waals surface area (Å²) in [5, 5.41) is 6.15. The second-order valence-electron chi connectivity index (χ2n) is 4.33. The Morgan fingerprint density at radius 2 is 1.74 bits per heavy atom. The average molecular weight is 269 g/mol. The van der Waals surface area contributed by atoms with Crippen molar-refractivity contribution in [3.63, 3.8) is 0 Å². The van der Waals surface area contributed by atoms with E-state index >= 15 is 0 Å². The lowest BCUT2D eigenvalue weighted by Gasteiger charge is -2.09. The first-order valence-electron chi connectivity index (χ1n) is 6.11. The van der Waals surface area contributed by atoms with Crippen LogP contribution in [0.5, 0.6) is 0 Å². The van der Waals surface area contributed by atoms with E-state index < -0.39 is 0 Å². The molecule has 1 heterocycles. The summed E-state index contributed by atoms with van der Waals surface area (Å²) < 4.78 is 0. The normalized spacial score (nSPS) is 10.6. The average Bonchev–Trinajstić information content (AvgIpc) is 2.47. The first-order chi connectivity index (χ1) is 9.28. The van der Waals surface area contributed by atoms with Gasteiger partial charge in [0.1, 0.15) is 5.82 Å². The molecule has 3 aromatic rings. The van der Waals surface area contributed by atoms with Crippen LogP contribution in [0.1, 0.15) is 0 Å². The number of halogens is 1. The molecule has 2 nitrogen and oxygen atoms in total. The van der Waals surface area contributed by atoms with Crippen molar-refractivity contribution in [1.29, 1.82) is 0 Å². The Hall–Kier alpha value is -2.06. The fourth-order valence-electron chi connectivity index (χ4n) is 2.15. The van der Waals surface area contributed by atoms with Crippen molar-refractivity contribution in [2.24, 2.45) is 0 Å². The van der Waals surface area contributed by atoms with Gasteiger partial charge in [0.05, 0.1) is 5.69 Å². The van der Waals surface area contributed by atoms with E-state index in [1.807, 2.05) is 43.4 Å². The zero-order valence-corrected chi connectivity index (χ0v) is 11.3. The van der Waals surface area contributed by atoms with Gasteiger partial charge in [0, 0.05) is 23.0 Å². The number of pyridine rings is 1. The molecule has 0 aliphatic heterocycles. The number of aromatic nitrogens is 1. The molecule has 0 bridgehead atoms. The molecule has 3 heteroatoms. The topological polar surface area (TPSA) is 24.9 Å². The summed E-state index contributed by atoms with van der Waals surface area (Å²) in [6, 6.07) is 18.1. The van der Waals surface area contributed by atoms with Crippen LogP contribution in [0.4, 0.5) is 5.82 Å². The fourth-order valence-corrected chi connectivity index (χ4v) is 2.28. The highest BCUT2D eigenvalue weighted by molar-refractivity contribution is 6.30. The molecule has 0 spiro atoms. The predicted molar refractivity (Wildman–Crippen MR) is 81.7 cm³/mol. The Labute approximate surface area is 117 Å². The van der Waals surface area contributed by atoms with Gasteiger partial charge >= 0.3 is 0 Å². The van der Waals surface area contributed by atoms with E-state index in [1.54, 1.807) is 0 Å². The van der Waals surface area contributed by atoms with Crippen molar-refractivity contribution in [3.8, 4) is 11.3 Å². The molecule has 0 aliphatic carbocycles. The van der Waals surface area contributed by atoms with Crippen LogP contribution in [-0.4, -0.2) is 12.0 Å². The minimum Gasteiger partial charge on any atom is -0.373 e. The van der Waals surface area contributed by atoms with Crippen molar-refractivity contribution in [1.82, 2.24) is 4.98 Å². The molecule has 0 atom stereocenters. The Morgan fingerprint density at radius 3 is 2.47 bits per heavy atom. The summed E-state index contributed by atoms with van der Waals surface area (Å²) in [7, 11) is 1.88. The van der Waals surface area contributed by atoms with Crippen LogP contribution < -0.4 is 5.32 Å². The Balaban J connectivity index is 2.29. The minimum absolute atomic E-state index is 0.734. The van der Waals surface area contributed by atoms with Crippen molar-refractivity contribution in [2.45, 2.75) is 0 Å². The molecule has 0 amide bonds. The molecule has 0 unspecified atom stereocenters. The van der Waals surface area contributed by atoms with E-state index in [-0.39, 0.29) is 0 Å². The Bertz CT molecular complexity index is 720. The molecule has 0 aliphatic rings. The van der Waals surface area contributed by atoms with Crippen molar-refractivity contribution in [2.75, 3.05) is 12.4 Å². The minimum atomic E-state index is 0.734. The van der Waals surface area contributed by atoms with E-state index in [9.17, 15) is 0 Å². The number of rotatable bonds is 2. The maximum Gasteiger partial charge on any atom is 0.127 e. The summed E-state index contributed by atoms with van der Waals surface area (Å²) >= 11 is 5.94. The summed E-state index contributed by atoms with van der Waals surface area (Å²) in [5.74, 6) is 0.864. The van der Waals surface area contributed by atoms with Gasteiger partial charge in [-0.05, 0) is 23.6 Å². The highest BCUT2D eigenvalue weighted by Crippen LogP contribution is 2.29. The van der Waals surface area contributed by atoms with Crippen molar-refractivity contribution >= 4 is 28.2 Å². The van der Waals surface area contributed by atoms with Crippen LogP contribution in [0.2, 0.25) is 5.02 Å². The van der Waals surface area contributed by atoms with Gasteiger partial charge in [-0.15, -0.1) is 0 Å². The van der Waals surface area contributed by atoms with Gasteiger partial charge in [-0.3, -0.25) is 0 Å². The molecule has 94 valence electrons. The molecule has 1 N–H and O–H groups in total. The van der Waals surface area contributed by atoms with E-state index in [0.29, 0.717) is 0 Å². The third-order valence-electron chi connectivity index (χ3n) is 3.11. The van der Waals surface area contributed by atoms with Gasteiger partial charge in [-0.2, -0.15) is 0 Å². The van der Waals surface area contributed by atoms with Crippen LogP contribution in [0, 0.1) is 0 Å². The smallest absolute Gasteiger partial charge is 0.127 e. The van der Waals surface area contributed by atoms with E-state index in [0.717, 1.165) is 27.5 Å². The number of anilines is 1. The van der Waals surface area contributed by atoms with Crippen molar-refractivity contribution in [3.05, 3.63) is 59.6 Å². The van der Waals surface area contributed by atoms with Crippen LogP contribution in [0.3, 0.4) is 0 Å². The van der Waals surface area contributed by atoms with Crippen LogP contribution >= 0.6 is 11.6 Å². The lowest BCUT2D eigenvalue weighted by atomic mass is 10.0. The molecule has 1 aromatic heterocycles. The largest absolute Gasteiger partial charge is 0.373 e. The zero-order chi connectivity index (χ0) is 13.2. The highest BCUT2D eigenvalue weighted by atomic mass is 35.5. The monoisotopic (exact) mass is 268 g/mol. The van der Waals surface area contributed by atoms with Gasteiger partial charge in [0.25, 0.3) is 0 Å². The third-order valence-corrected chi connectivity index (χ3v) is 3.37. The molecular weight excluding hydrogens is 256 g/mol. The van der Waals surface area contributed by atoms with E-state index in [4.69, 9.17) is 11.6 Å². The van der Waals surface area contributed by atoms with E-state index in [1.165, 1.54) is 5.39 Å². The summed E-state index contributed by atoms with van der Waals surface area (Å²) in [4.78, 5) is 4.67. The quantitative estimate of drug-likeness (QED) is 0.735. The first-order valence-corrected chi connectivity index (χ1v) is 6.49. The molecule has 0 fully saturated rings. The summed E-state index contributed by atoms with van der Waals surface area (Å²) in [6.45, 7) is 0. The lowest BCUT2D eigenvalue weighted by Crippen LogP contribution is -1.95. The Morgan fingerprint density at radius 1 is 1.00 bits per heavy atom.